The number of ether oxygens (including phenoxy) is 1. The molecule has 556 valence electrons. The third-order valence-corrected chi connectivity index (χ3v) is 15.1. The number of nitrogens with two attached hydrogens (primary N) is 3. The maximum Gasteiger partial charge on any atom is 0.408 e. The van der Waals surface area contributed by atoms with Crippen LogP contribution in [0.5, 0.6) is 0 Å². The van der Waals surface area contributed by atoms with Gasteiger partial charge in [-0.25, -0.2) is 4.79 Å². The Morgan fingerprint density at radius 3 is 1.62 bits per heavy atom. The summed E-state index contributed by atoms with van der Waals surface area (Å²) >= 11 is 0. The molecule has 1 saturated heterocycles. The molecule has 0 saturated carbocycles. The number of amides is 12. The molecule has 1 heterocycles. The highest BCUT2D eigenvalue weighted by molar-refractivity contribution is 6.00. The summed E-state index contributed by atoms with van der Waals surface area (Å²) in [5, 5.41) is 64.0. The lowest BCUT2D eigenvalue weighted by atomic mass is 9.86. The Bertz CT molecular complexity index is 2840. The van der Waals surface area contributed by atoms with Crippen molar-refractivity contribution in [3.8, 4) is 0 Å². The Labute approximate surface area is 576 Å². The molecular formula is C66H116N16O16. The number of carbonyl (C=O) groups is 12. The van der Waals surface area contributed by atoms with Crippen LogP contribution in [-0.2, 0) is 57.5 Å². The Hall–Kier alpha value is -8.23. The van der Waals surface area contributed by atoms with Crippen LogP contribution in [0.4, 0.5) is 4.79 Å². The summed E-state index contributed by atoms with van der Waals surface area (Å²) in [4.78, 5) is 177. The second-order valence-electron chi connectivity index (χ2n) is 28.5. The molecule has 14 atom stereocenters. The van der Waals surface area contributed by atoms with Gasteiger partial charge in [-0.05, 0) is 93.9 Å². The maximum absolute atomic E-state index is 15.6. The predicted octanol–water partition coefficient (Wildman–Crippen LogP) is -1.38. The number of hydrogen-bond donors (Lipinski definition) is 18. The van der Waals surface area contributed by atoms with E-state index in [9.17, 15) is 58.5 Å². The minimum Gasteiger partial charge on any atom is -0.444 e. The van der Waals surface area contributed by atoms with Crippen molar-refractivity contribution in [1.29, 1.82) is 0 Å². The van der Waals surface area contributed by atoms with Gasteiger partial charge in [0.25, 0.3) is 0 Å². The average molecular weight is 1390 g/mol. The maximum atomic E-state index is 15.6. The fraction of sp³-hybridized carbons (Fsp3) is 0.712. The summed E-state index contributed by atoms with van der Waals surface area (Å²) in [6, 6.07) is -11.0. The fourth-order valence-corrected chi connectivity index (χ4v) is 9.96. The monoisotopic (exact) mass is 1390 g/mol. The molecular weight excluding hydrogens is 1270 g/mol. The molecule has 0 spiro atoms. The van der Waals surface area contributed by atoms with Crippen molar-refractivity contribution >= 4 is 77.0 Å². The standard InChI is InChI=1S/C64H110N16O16.C2H6/c1-17-34(6)44-57(92)77-45(35(7)82)56(91)69-30-43(83)70-41(29-65)54(89)74-42(31-81)55(90)78-46(36-22-19-18-20-23-36)47(79-53(88)39(27-62(8,9)10)73-52(87)40(28-63(11,12)13)75-61(95)96-64(14,15)16)58(93)80-48(49(84)33(4)5)59(94)72-38(26-32(2)3)51(86)71-37(50(85)76-44)24-21-25-68-60(66)67;1-2/h18-20,22-23,32-35,37-42,44-49,81-82,84H,17,21,24-31,65H2,1-16H3,(H,69,91)(H,70,83)(H,71,86)(H,72,94)(H,73,87)(H,74,89)(H,75,95)(H,76,85)(H,77,92)(H,78,90)(H,79,88)(H,80,93)(H4,66,67,68);1-2H3/t34-,35-,37+,38-,39-,40+,41-,42?,44-,45-,46+,47-,48-,49+;/m0./s1. The van der Waals surface area contributed by atoms with Gasteiger partial charge in [0.1, 0.15) is 66.0 Å². The lowest BCUT2D eigenvalue weighted by molar-refractivity contribution is -0.139. The fourth-order valence-electron chi connectivity index (χ4n) is 9.96. The average Bonchev–Trinajstić information content (AvgIpc) is 0.814. The van der Waals surface area contributed by atoms with Crippen LogP contribution >= 0.6 is 0 Å². The SMILES string of the molecule is CC.CC[C@H](C)[C@@H]1NC(=O)[C@@H](CCCN=C(N)N)NC(=O)[C@H](CC(C)C)NC(=O)[C@H]([C@H](O)C(C)C)NC(=O)[C@@H](NC(=O)[C@H](CC(C)(C)C)NC(=O)[C@@H](CC(C)(C)C)NC(=O)OC(C)(C)C)[C@@H](c2ccccc2)NC(=O)C(CO)NC(=O)[C@H](CN)NC(=O)CNC(=O)[C@H]([C@H](C)O)NC1=O. The van der Waals surface area contributed by atoms with Gasteiger partial charge < -0.3 is 101 Å². The van der Waals surface area contributed by atoms with Crippen LogP contribution in [0, 0.1) is 28.6 Å². The minimum atomic E-state index is -2.08. The van der Waals surface area contributed by atoms with Crippen LogP contribution in [0.3, 0.4) is 0 Å². The number of nitrogens with zero attached hydrogens (tertiary/aromatic N) is 1. The molecule has 0 bridgehead atoms. The lowest BCUT2D eigenvalue weighted by Gasteiger charge is -2.35. The van der Waals surface area contributed by atoms with Gasteiger partial charge in [0.2, 0.25) is 65.0 Å². The molecule has 2 rings (SSSR count). The predicted molar refractivity (Wildman–Crippen MR) is 368 cm³/mol. The quantitative estimate of drug-likeness (QED) is 0.0383. The van der Waals surface area contributed by atoms with Gasteiger partial charge >= 0.3 is 6.09 Å². The molecule has 0 aliphatic carbocycles. The largest absolute Gasteiger partial charge is 0.444 e. The van der Waals surface area contributed by atoms with Crippen molar-refractivity contribution in [2.24, 2.45) is 50.8 Å². The number of hydrogen-bond acceptors (Lipinski definition) is 18. The summed E-state index contributed by atoms with van der Waals surface area (Å²) in [5.74, 6) is -13.8. The van der Waals surface area contributed by atoms with Crippen molar-refractivity contribution in [2.75, 3.05) is 26.2 Å². The van der Waals surface area contributed by atoms with E-state index >= 15 is 14.4 Å². The van der Waals surface area contributed by atoms with E-state index in [0.717, 1.165) is 0 Å². The third-order valence-electron chi connectivity index (χ3n) is 15.1. The van der Waals surface area contributed by atoms with Crippen LogP contribution < -0.4 is 81.0 Å². The highest BCUT2D eigenvalue weighted by Gasteiger charge is 2.43. The smallest absolute Gasteiger partial charge is 0.408 e. The van der Waals surface area contributed by atoms with E-state index in [1.807, 2.05) is 34.6 Å². The normalized spacial score (nSPS) is 23.5. The molecule has 1 aliphatic rings. The Morgan fingerprint density at radius 2 is 1.12 bits per heavy atom. The topological polar surface area (TPSA) is 510 Å². The van der Waals surface area contributed by atoms with Crippen molar-refractivity contribution in [2.45, 2.75) is 247 Å². The van der Waals surface area contributed by atoms with E-state index in [0.29, 0.717) is 0 Å². The number of aliphatic imine (C=N–C) groups is 1. The second kappa shape index (κ2) is 41.2. The first-order valence-electron chi connectivity index (χ1n) is 33.5. The van der Waals surface area contributed by atoms with Gasteiger partial charge in [-0.3, -0.25) is 57.7 Å². The first-order chi connectivity index (χ1) is 45.4. The Morgan fingerprint density at radius 1 is 0.622 bits per heavy atom. The van der Waals surface area contributed by atoms with Crippen molar-refractivity contribution in [1.82, 2.24) is 63.8 Å². The molecule has 0 aromatic heterocycles. The minimum absolute atomic E-state index is 0.0312. The zero-order chi connectivity index (χ0) is 75.3. The molecule has 12 amide bonds. The number of aliphatic hydroxyl groups is 3. The molecule has 1 aromatic carbocycles. The number of alkyl carbamates (subject to hydrolysis) is 1. The summed E-state index contributed by atoms with van der Waals surface area (Å²) in [6.07, 6.45) is -4.39. The Kier molecular flexibility index (Phi) is 36.9. The number of rotatable bonds is 21. The van der Waals surface area contributed by atoms with Gasteiger partial charge in [-0.15, -0.1) is 0 Å². The molecule has 1 fully saturated rings. The Balaban J connectivity index is 0.0000238. The van der Waals surface area contributed by atoms with Gasteiger partial charge in [-0.1, -0.05) is 134 Å². The van der Waals surface area contributed by atoms with E-state index in [2.05, 4.69) is 68.8 Å². The second-order valence-corrected chi connectivity index (χ2v) is 28.5. The first-order valence-corrected chi connectivity index (χ1v) is 33.5. The van der Waals surface area contributed by atoms with E-state index in [1.54, 1.807) is 75.3 Å². The van der Waals surface area contributed by atoms with Crippen LogP contribution in [0.2, 0.25) is 0 Å². The first kappa shape index (κ1) is 87.8. The van der Waals surface area contributed by atoms with Gasteiger partial charge in [-0.2, -0.15) is 0 Å². The zero-order valence-electron chi connectivity index (χ0n) is 60.5. The van der Waals surface area contributed by atoms with E-state index in [-0.39, 0.29) is 62.5 Å². The molecule has 32 heteroatoms. The molecule has 21 N–H and O–H groups in total. The summed E-state index contributed by atoms with van der Waals surface area (Å²) in [5.41, 5.74) is 14.8. The number of guanidine groups is 1. The van der Waals surface area contributed by atoms with Crippen LogP contribution in [0.15, 0.2) is 35.3 Å². The van der Waals surface area contributed by atoms with Gasteiger partial charge in [0.05, 0.1) is 31.4 Å². The van der Waals surface area contributed by atoms with Gasteiger partial charge in [0.15, 0.2) is 5.96 Å². The number of aliphatic hydroxyl groups excluding tert-OH is 3. The summed E-state index contributed by atoms with van der Waals surface area (Å²) < 4.78 is 5.48. The van der Waals surface area contributed by atoms with Crippen molar-refractivity contribution in [3.63, 3.8) is 0 Å². The molecule has 1 aliphatic heterocycles. The lowest BCUT2D eigenvalue weighted by Crippen LogP contribution is -2.65. The van der Waals surface area contributed by atoms with E-state index < -0.39 is 198 Å². The van der Waals surface area contributed by atoms with E-state index in [4.69, 9.17) is 21.9 Å². The third kappa shape index (κ3) is 31.5. The van der Waals surface area contributed by atoms with Crippen LogP contribution in [0.25, 0.3) is 0 Å². The number of carbonyl (C=O) groups excluding carboxylic acids is 12. The molecule has 98 heavy (non-hydrogen) atoms. The summed E-state index contributed by atoms with van der Waals surface area (Å²) in [7, 11) is 0. The van der Waals surface area contributed by atoms with Crippen LogP contribution in [-0.4, -0.2) is 197 Å². The highest BCUT2D eigenvalue weighted by atomic mass is 16.6. The number of nitrogens with one attached hydrogen (secondary N) is 12. The zero-order valence-corrected chi connectivity index (χ0v) is 60.5. The van der Waals surface area contributed by atoms with Crippen molar-refractivity contribution in [3.05, 3.63) is 35.9 Å². The van der Waals surface area contributed by atoms with E-state index in [1.165, 1.54) is 45.0 Å². The molecule has 0 radical (unpaired) electrons. The van der Waals surface area contributed by atoms with Gasteiger partial charge in [0, 0.05) is 13.1 Å². The molecule has 1 aromatic rings. The number of benzene rings is 1. The van der Waals surface area contributed by atoms with Crippen LogP contribution in [0.1, 0.15) is 175 Å². The molecule has 1 unspecified atom stereocenters. The highest BCUT2D eigenvalue weighted by Crippen LogP contribution is 2.26. The van der Waals surface area contributed by atoms with Crippen molar-refractivity contribution < 1.29 is 77.6 Å². The molecule has 32 nitrogen and oxygen atoms in total. The summed E-state index contributed by atoms with van der Waals surface area (Å²) in [6.45, 7) is 27.9.